The minimum absolute atomic E-state index is 0.0540. The predicted octanol–water partition coefficient (Wildman–Crippen LogP) is -1.50. The van der Waals surface area contributed by atoms with Gasteiger partial charge in [-0.05, 0) is 13.0 Å². The summed E-state index contributed by atoms with van der Waals surface area (Å²) in [6.45, 7) is 1.18. The Labute approximate surface area is 92.1 Å². The van der Waals surface area contributed by atoms with Crippen LogP contribution in [0.5, 0.6) is 0 Å². The normalized spacial score (nSPS) is 16.8. The van der Waals surface area contributed by atoms with Gasteiger partial charge in [-0.3, -0.25) is 4.57 Å². The highest BCUT2D eigenvalue weighted by Gasteiger charge is 2.33. The van der Waals surface area contributed by atoms with Crippen LogP contribution in [0.3, 0.4) is 0 Å². The van der Waals surface area contributed by atoms with E-state index in [9.17, 15) is 15.0 Å². The molecule has 0 saturated heterocycles. The first-order chi connectivity index (χ1) is 7.39. The van der Waals surface area contributed by atoms with Gasteiger partial charge < -0.3 is 20.7 Å². The number of nitrogens with zero attached hydrogens (tertiary/aromatic N) is 2. The van der Waals surface area contributed by atoms with Crippen molar-refractivity contribution in [2.75, 3.05) is 19.5 Å². The van der Waals surface area contributed by atoms with Gasteiger partial charge in [-0.2, -0.15) is 4.98 Å². The maximum absolute atomic E-state index is 11.5. The maximum Gasteiger partial charge on any atom is 0.351 e. The Bertz CT molecular complexity index is 415. The fraction of sp³-hybridized carbons (Fsp3) is 0.556. The lowest BCUT2D eigenvalue weighted by Crippen LogP contribution is -2.49. The zero-order valence-electron chi connectivity index (χ0n) is 9.12. The molecule has 0 aliphatic carbocycles. The second kappa shape index (κ2) is 4.60. The minimum atomic E-state index is -1.80. The molecule has 0 aliphatic heterocycles. The van der Waals surface area contributed by atoms with Gasteiger partial charge in [0, 0.05) is 13.3 Å². The molecule has 0 amide bonds. The Morgan fingerprint density at radius 3 is 2.88 bits per heavy atom. The molecule has 1 aromatic heterocycles. The van der Waals surface area contributed by atoms with Gasteiger partial charge in [0.1, 0.15) is 11.9 Å². The highest BCUT2D eigenvalue weighted by atomic mass is 16.5. The fourth-order valence-corrected chi connectivity index (χ4v) is 1.24. The van der Waals surface area contributed by atoms with Crippen LogP contribution in [0, 0.1) is 0 Å². The SMILES string of the molecule is COC[C@@H](O)[C@@](C)(O)n1ccc(N)nc1=O. The molecule has 0 fully saturated rings. The largest absolute Gasteiger partial charge is 0.386 e. The number of methoxy groups -OCH3 is 1. The summed E-state index contributed by atoms with van der Waals surface area (Å²) in [5.74, 6) is 0.0540. The Hall–Kier alpha value is -1.44. The molecule has 0 spiro atoms. The third-order valence-corrected chi connectivity index (χ3v) is 2.27. The van der Waals surface area contributed by atoms with Crippen molar-refractivity contribution in [3.05, 3.63) is 22.7 Å². The number of aromatic nitrogens is 2. The summed E-state index contributed by atoms with van der Waals surface area (Å²) < 4.78 is 5.60. The van der Waals surface area contributed by atoms with Crippen molar-refractivity contribution in [2.24, 2.45) is 0 Å². The molecule has 0 aliphatic rings. The van der Waals surface area contributed by atoms with Crippen molar-refractivity contribution in [1.29, 1.82) is 0 Å². The lowest BCUT2D eigenvalue weighted by Gasteiger charge is -2.30. The van der Waals surface area contributed by atoms with Crippen LogP contribution in [0.1, 0.15) is 6.92 Å². The van der Waals surface area contributed by atoms with Gasteiger partial charge in [-0.1, -0.05) is 0 Å². The zero-order valence-corrected chi connectivity index (χ0v) is 9.12. The smallest absolute Gasteiger partial charge is 0.351 e. The maximum atomic E-state index is 11.5. The van der Waals surface area contributed by atoms with E-state index >= 15 is 0 Å². The summed E-state index contributed by atoms with van der Waals surface area (Å²) in [6.07, 6.45) is 0.0180. The third-order valence-electron chi connectivity index (χ3n) is 2.27. The molecule has 4 N–H and O–H groups in total. The van der Waals surface area contributed by atoms with E-state index in [1.165, 1.54) is 26.3 Å². The van der Waals surface area contributed by atoms with E-state index < -0.39 is 17.5 Å². The van der Waals surface area contributed by atoms with Crippen molar-refractivity contribution in [3.63, 3.8) is 0 Å². The van der Waals surface area contributed by atoms with Crippen molar-refractivity contribution < 1.29 is 14.9 Å². The topological polar surface area (TPSA) is 111 Å². The zero-order chi connectivity index (χ0) is 12.3. The Balaban J connectivity index is 3.11. The van der Waals surface area contributed by atoms with E-state index in [0.29, 0.717) is 0 Å². The lowest BCUT2D eigenvalue weighted by molar-refractivity contribution is -0.143. The molecule has 0 bridgehead atoms. The number of aliphatic hydroxyl groups excluding tert-OH is 1. The van der Waals surface area contributed by atoms with Crippen LogP contribution in [-0.2, 0) is 10.5 Å². The second-order valence-corrected chi connectivity index (χ2v) is 3.57. The number of hydrogen-bond donors (Lipinski definition) is 3. The lowest BCUT2D eigenvalue weighted by atomic mass is 10.1. The van der Waals surface area contributed by atoms with Gasteiger partial charge in [0.2, 0.25) is 0 Å². The number of nitrogens with two attached hydrogens (primary N) is 1. The van der Waals surface area contributed by atoms with Crippen LogP contribution in [-0.4, -0.2) is 39.6 Å². The van der Waals surface area contributed by atoms with Crippen molar-refractivity contribution >= 4 is 5.82 Å². The summed E-state index contributed by atoms with van der Waals surface area (Å²) in [5.41, 5.74) is 2.78. The standard InChI is InChI=1S/C9H15N3O4/c1-9(15,6(13)5-16-2)12-4-3-7(10)11-8(12)14/h3-4,6,13,15H,5H2,1-2H3,(H2,10,11,14)/t6-,9-/m1/s1. The average Bonchev–Trinajstić information content (AvgIpc) is 2.17. The van der Waals surface area contributed by atoms with Crippen LogP contribution >= 0.6 is 0 Å². The first-order valence-corrected chi connectivity index (χ1v) is 4.64. The molecule has 1 aromatic rings. The van der Waals surface area contributed by atoms with Crippen LogP contribution < -0.4 is 11.4 Å². The van der Waals surface area contributed by atoms with E-state index in [4.69, 9.17) is 10.5 Å². The number of rotatable bonds is 4. The molecule has 2 atom stereocenters. The number of hydrogen-bond acceptors (Lipinski definition) is 6. The van der Waals surface area contributed by atoms with Gasteiger partial charge in [-0.15, -0.1) is 0 Å². The summed E-state index contributed by atoms with van der Waals surface area (Å²) in [5, 5.41) is 19.6. The monoisotopic (exact) mass is 229 g/mol. The highest BCUT2D eigenvalue weighted by Crippen LogP contribution is 2.15. The van der Waals surface area contributed by atoms with Gasteiger partial charge >= 0.3 is 5.69 Å². The summed E-state index contributed by atoms with van der Waals surface area (Å²) in [6, 6.07) is 1.36. The second-order valence-electron chi connectivity index (χ2n) is 3.57. The first-order valence-electron chi connectivity index (χ1n) is 4.64. The third kappa shape index (κ3) is 2.38. The van der Waals surface area contributed by atoms with Crippen LogP contribution in [0.25, 0.3) is 0 Å². The number of ether oxygens (including phenoxy) is 1. The van der Waals surface area contributed by atoms with Crippen LogP contribution in [0.2, 0.25) is 0 Å². The number of anilines is 1. The van der Waals surface area contributed by atoms with Crippen molar-refractivity contribution in [1.82, 2.24) is 9.55 Å². The predicted molar refractivity (Wildman–Crippen MR) is 56.7 cm³/mol. The average molecular weight is 229 g/mol. The Kier molecular flexibility index (Phi) is 3.63. The van der Waals surface area contributed by atoms with Crippen molar-refractivity contribution in [2.45, 2.75) is 18.8 Å². The van der Waals surface area contributed by atoms with Crippen LogP contribution in [0.4, 0.5) is 5.82 Å². The molecular formula is C9H15N3O4. The van der Waals surface area contributed by atoms with Crippen LogP contribution in [0.15, 0.2) is 17.1 Å². The van der Waals surface area contributed by atoms with E-state index in [2.05, 4.69) is 4.98 Å². The molecule has 0 aromatic carbocycles. The molecule has 7 nitrogen and oxygen atoms in total. The van der Waals surface area contributed by atoms with Gasteiger partial charge in [-0.25, -0.2) is 4.79 Å². The minimum Gasteiger partial charge on any atom is -0.386 e. The van der Waals surface area contributed by atoms with Gasteiger partial charge in [0.15, 0.2) is 5.72 Å². The van der Waals surface area contributed by atoms with E-state index in [0.717, 1.165) is 4.57 Å². The molecule has 16 heavy (non-hydrogen) atoms. The highest BCUT2D eigenvalue weighted by molar-refractivity contribution is 5.23. The molecular weight excluding hydrogens is 214 g/mol. The van der Waals surface area contributed by atoms with Gasteiger partial charge in [0.25, 0.3) is 0 Å². The summed E-state index contributed by atoms with van der Waals surface area (Å²) >= 11 is 0. The quantitative estimate of drug-likeness (QED) is 0.579. The molecule has 0 unspecified atom stereocenters. The Morgan fingerprint density at radius 2 is 2.38 bits per heavy atom. The van der Waals surface area contributed by atoms with E-state index in [1.807, 2.05) is 0 Å². The summed E-state index contributed by atoms with van der Waals surface area (Å²) in [4.78, 5) is 14.9. The molecule has 0 radical (unpaired) electrons. The van der Waals surface area contributed by atoms with E-state index in [-0.39, 0.29) is 12.4 Å². The first kappa shape index (κ1) is 12.6. The Morgan fingerprint density at radius 1 is 1.75 bits per heavy atom. The van der Waals surface area contributed by atoms with Crippen molar-refractivity contribution in [3.8, 4) is 0 Å². The molecule has 90 valence electrons. The molecule has 1 heterocycles. The number of aliphatic hydroxyl groups is 2. The molecule has 0 saturated carbocycles. The molecule has 7 heteroatoms. The fourth-order valence-electron chi connectivity index (χ4n) is 1.24. The summed E-state index contributed by atoms with van der Waals surface area (Å²) in [7, 11) is 1.38. The molecule has 1 rings (SSSR count). The van der Waals surface area contributed by atoms with Gasteiger partial charge in [0.05, 0.1) is 6.61 Å². The van der Waals surface area contributed by atoms with E-state index in [1.54, 1.807) is 0 Å². The number of nitrogen functional groups attached to an aromatic ring is 1.